The predicted octanol–water partition coefficient (Wildman–Crippen LogP) is 7.62. The number of imide groups is 1. The quantitative estimate of drug-likeness (QED) is 0.0328. The van der Waals surface area contributed by atoms with Crippen molar-refractivity contribution in [2.24, 2.45) is 29.4 Å². The van der Waals surface area contributed by atoms with Crippen LogP contribution in [0.25, 0.3) is 0 Å². The van der Waals surface area contributed by atoms with Crippen LogP contribution < -0.4 is 31.3 Å². The van der Waals surface area contributed by atoms with E-state index in [-0.39, 0.29) is 117 Å². The van der Waals surface area contributed by atoms with E-state index in [9.17, 15) is 48.3 Å². The Labute approximate surface area is 508 Å². The summed E-state index contributed by atoms with van der Waals surface area (Å²) in [5.41, 5.74) is 4.80. The highest BCUT2D eigenvalue weighted by atomic mass is 35.5. The number of carbonyl (C=O) groups excluding carboxylic acids is 9. The molecule has 6 N–H and O–H groups in total. The van der Waals surface area contributed by atoms with Crippen LogP contribution in [0, 0.1) is 23.7 Å². The molecule has 84 heavy (non-hydrogen) atoms. The molecule has 3 fully saturated rings. The van der Waals surface area contributed by atoms with Crippen LogP contribution in [0.1, 0.15) is 123 Å². The smallest absolute Gasteiger partial charge is 0.412 e. The van der Waals surface area contributed by atoms with E-state index in [4.69, 9.17) is 52.6 Å². The zero-order valence-electron chi connectivity index (χ0n) is 49.3. The Morgan fingerprint density at radius 3 is 2.35 bits per heavy atom. The molecule has 3 saturated heterocycles. The highest BCUT2D eigenvalue weighted by molar-refractivity contribution is 7.59. The van der Waals surface area contributed by atoms with Gasteiger partial charge < -0.3 is 50.1 Å². The van der Waals surface area contributed by atoms with Crippen LogP contribution in [0.3, 0.4) is 0 Å². The van der Waals surface area contributed by atoms with E-state index in [2.05, 4.69) is 16.0 Å². The molecular weight excluding hydrogens is 1150 g/mol. The first-order valence-corrected chi connectivity index (χ1v) is 29.0. The number of Topliss-reactive ketones (excluding diaryl/α,β-unsaturated/α-hetero) is 2. The molecule has 24 heteroatoms. The SMILES string of the molecule is COc1cc2cc(c1Cl)N(C)C(=O)C[C@H](OC(=O)Nc1ccc(CC(=O)[C@H](CCCNC(N)=O)NC(=O)[C@@H](CC(=O)CCCCCN3C(=O)CC(C)C3=O)C(C)C)cc1Cl)[C@]1(C)O[C@H]1[C@H](C)[C@@H]1C[C@@](O)(CC(=O)O1)[C@H](OC)/C=C/C=C(\C)C2.S. The van der Waals surface area contributed by atoms with Gasteiger partial charge in [-0.3, -0.25) is 43.8 Å². The summed E-state index contributed by atoms with van der Waals surface area (Å²) in [7, 11) is 4.44. The number of nitrogens with zero attached hydrogens (tertiary/aromatic N) is 2. The molecule has 4 heterocycles. The minimum absolute atomic E-state index is 0. The fraction of sp³-hybridized carbons (Fsp3) is 0.583. The highest BCUT2D eigenvalue weighted by Gasteiger charge is 2.64. The van der Waals surface area contributed by atoms with Crippen molar-refractivity contribution in [3.63, 3.8) is 0 Å². The Morgan fingerprint density at radius 2 is 1.70 bits per heavy atom. The number of fused-ring (bicyclic) bond motifs is 5. The lowest BCUT2D eigenvalue weighted by Crippen LogP contribution is -2.53. The van der Waals surface area contributed by atoms with Crippen molar-refractivity contribution in [1.29, 1.82) is 0 Å². The van der Waals surface area contributed by atoms with Crippen molar-refractivity contribution < 1.29 is 71.9 Å². The number of nitrogens with two attached hydrogens (primary N) is 1. The molecule has 4 aliphatic heterocycles. The number of unbranched alkanes of at least 4 members (excludes halogenated alkanes) is 2. The van der Waals surface area contributed by atoms with Crippen molar-refractivity contribution >= 4 is 101 Å². The Balaban J connectivity index is 0.0000129. The number of halogens is 2. The number of nitrogens with one attached hydrogen (secondary N) is 3. The lowest BCUT2D eigenvalue weighted by Gasteiger charge is -2.41. The predicted molar refractivity (Wildman–Crippen MR) is 320 cm³/mol. The van der Waals surface area contributed by atoms with Gasteiger partial charge in [-0.05, 0) is 87.3 Å². The van der Waals surface area contributed by atoms with E-state index in [1.807, 2.05) is 26.8 Å². The number of likely N-dealkylation sites (tertiary alicyclic amines) is 1. The van der Waals surface area contributed by atoms with Crippen LogP contribution in [-0.2, 0) is 65.4 Å². The molecule has 7 amide bonds. The van der Waals surface area contributed by atoms with E-state index < -0.39 is 95.6 Å². The summed E-state index contributed by atoms with van der Waals surface area (Å²) >= 11 is 13.6. The van der Waals surface area contributed by atoms with Gasteiger partial charge in [0.1, 0.15) is 46.1 Å². The largest absolute Gasteiger partial charge is 0.495 e. The monoisotopic (exact) mass is 1230 g/mol. The maximum atomic E-state index is 14.4. The number of methoxy groups -OCH3 is 2. The van der Waals surface area contributed by atoms with Crippen molar-refractivity contribution in [2.75, 3.05) is 44.6 Å². The van der Waals surface area contributed by atoms with Crippen molar-refractivity contribution in [3.05, 3.63) is 75.3 Å². The number of esters is 1. The lowest BCUT2D eigenvalue weighted by molar-refractivity contribution is -0.187. The van der Waals surface area contributed by atoms with Gasteiger partial charge in [-0.2, -0.15) is 13.5 Å². The van der Waals surface area contributed by atoms with Crippen LogP contribution >= 0.6 is 36.7 Å². The Bertz CT molecular complexity index is 2850. The number of ether oxygens (including phenoxy) is 5. The zero-order chi connectivity index (χ0) is 61.1. The Kier molecular flexibility index (Phi) is 24.8. The van der Waals surface area contributed by atoms with Gasteiger partial charge in [0.2, 0.25) is 23.6 Å². The average Bonchev–Trinajstić information content (AvgIpc) is 2.15. The minimum atomic E-state index is -1.65. The number of benzene rings is 2. The van der Waals surface area contributed by atoms with Gasteiger partial charge in [0, 0.05) is 77.1 Å². The second-order valence-electron chi connectivity index (χ2n) is 23.0. The summed E-state index contributed by atoms with van der Waals surface area (Å²) in [5.74, 6) is -4.16. The van der Waals surface area contributed by atoms with Gasteiger partial charge in [0.25, 0.3) is 0 Å². The number of allylic oxidation sites excluding steroid dienone is 3. The third-order valence-electron chi connectivity index (χ3n) is 16.2. The van der Waals surface area contributed by atoms with Crippen molar-refractivity contribution in [2.45, 2.75) is 167 Å². The Hall–Kier alpha value is -6.04. The molecule has 4 bridgehead atoms. The third kappa shape index (κ3) is 17.8. The first-order valence-electron chi connectivity index (χ1n) is 28.3. The minimum Gasteiger partial charge on any atom is -0.495 e. The number of ketones is 2. The number of carbonyl (C=O) groups is 9. The number of hydrogen-bond acceptors (Lipinski definition) is 15. The molecule has 0 aliphatic carbocycles. The second-order valence-corrected chi connectivity index (χ2v) is 23.8. The molecule has 0 saturated carbocycles. The van der Waals surface area contributed by atoms with Crippen molar-refractivity contribution in [1.82, 2.24) is 15.5 Å². The van der Waals surface area contributed by atoms with E-state index in [0.717, 1.165) is 11.1 Å². The first kappa shape index (κ1) is 68.7. The van der Waals surface area contributed by atoms with E-state index in [1.165, 1.54) is 43.2 Å². The molecule has 21 nitrogen and oxygen atoms in total. The van der Waals surface area contributed by atoms with Gasteiger partial charge in [-0.15, -0.1) is 0 Å². The second kappa shape index (κ2) is 30.3. The number of hydrogen-bond donors (Lipinski definition) is 5. The van der Waals surface area contributed by atoms with Gasteiger partial charge in [0.15, 0.2) is 5.78 Å². The molecule has 462 valence electrons. The number of aliphatic hydroxyl groups is 1. The molecule has 10 atom stereocenters. The van der Waals surface area contributed by atoms with Crippen LogP contribution in [0.4, 0.5) is 21.0 Å². The van der Waals surface area contributed by atoms with Gasteiger partial charge in [-0.1, -0.05) is 87.2 Å². The number of urea groups is 1. The van der Waals surface area contributed by atoms with E-state index in [1.54, 1.807) is 51.1 Å². The molecule has 0 radical (unpaired) electrons. The van der Waals surface area contributed by atoms with Gasteiger partial charge in [-0.25, -0.2) is 9.59 Å². The molecular formula is C60H82Cl2N6O15S. The number of rotatable bonds is 22. The van der Waals surface area contributed by atoms with Crippen molar-refractivity contribution in [3.8, 4) is 5.75 Å². The fourth-order valence-corrected chi connectivity index (χ4v) is 11.7. The summed E-state index contributed by atoms with van der Waals surface area (Å²) in [5, 5.41) is 20.2. The molecule has 0 spiro atoms. The van der Waals surface area contributed by atoms with Crippen LogP contribution in [0.5, 0.6) is 5.75 Å². The van der Waals surface area contributed by atoms with E-state index in [0.29, 0.717) is 49.2 Å². The van der Waals surface area contributed by atoms with Crippen LogP contribution in [0.15, 0.2) is 54.1 Å². The first-order chi connectivity index (χ1) is 39.2. The Morgan fingerprint density at radius 1 is 0.976 bits per heavy atom. The maximum Gasteiger partial charge on any atom is 0.412 e. The normalized spacial score (nSPS) is 26.1. The van der Waals surface area contributed by atoms with E-state index >= 15 is 0 Å². The summed E-state index contributed by atoms with van der Waals surface area (Å²) in [6.07, 6.45) is 2.37. The molecule has 1 unspecified atom stereocenters. The fourth-order valence-electron chi connectivity index (χ4n) is 11.2. The van der Waals surface area contributed by atoms with Crippen LogP contribution in [-0.4, -0.2) is 139 Å². The summed E-state index contributed by atoms with van der Waals surface area (Å²) in [6.45, 7) is 11.1. The molecule has 2 aromatic carbocycles. The topological polar surface area (TPSA) is 292 Å². The standard InChI is InChI=1S/C60H80Cl2N6O15.H2S/c1-33(2)40(29-39(69)16-11-10-12-22-68-51(72)24-35(4)56(68)75)55(74)65-43(17-14-21-64-57(63)76)45(70)27-37-19-20-42(41(61)25-37)66-58(77)82-49-30-50(71)67(7)44-26-38(28-46(79-8)53(44)62)23-34(3)15-13-18-48(80-9)60(78)31-47(81-52(73)32-60)36(5)54-59(49,6)83-54;/h13,15,18-20,25-26,28,33,35-36,40,43,47-49,54,78H,10-12,14,16-17,21-24,27,29-32H2,1-9H3,(H,65,74)(H,66,77)(H3,63,64,76);1H2/b18-13+,34-15+;/t35?,36-,40+,43+,47+,48-,49+,54+,59+,60-;/m1./s1. The number of anilines is 2. The van der Waals surface area contributed by atoms with Gasteiger partial charge >= 0.3 is 18.1 Å². The summed E-state index contributed by atoms with van der Waals surface area (Å²) in [6, 6.07) is 6.24. The molecule has 4 aliphatic rings. The third-order valence-corrected chi connectivity index (χ3v) is 16.9. The number of epoxide rings is 1. The maximum absolute atomic E-state index is 14.4. The molecule has 2 aromatic rings. The lowest BCUT2D eigenvalue weighted by atomic mass is 9.78. The number of primary amides is 1. The highest BCUT2D eigenvalue weighted by Crippen LogP contribution is 2.50. The summed E-state index contributed by atoms with van der Waals surface area (Å²) in [4.78, 5) is 121. The molecule has 0 aromatic heterocycles. The molecule has 6 rings (SSSR count). The zero-order valence-corrected chi connectivity index (χ0v) is 51.8. The number of amides is 7. The average molecular weight is 1230 g/mol. The van der Waals surface area contributed by atoms with Crippen LogP contribution in [0.2, 0.25) is 10.0 Å². The van der Waals surface area contributed by atoms with Gasteiger partial charge in [0.05, 0.1) is 48.5 Å². The summed E-state index contributed by atoms with van der Waals surface area (Å²) < 4.78 is 29.6.